The first-order valence-electron chi connectivity index (χ1n) is 9.45. The molecule has 0 aromatic heterocycles. The summed E-state index contributed by atoms with van der Waals surface area (Å²) >= 11 is 0. The number of carbonyl (C=O) groups is 2. The Labute approximate surface area is 143 Å². The Morgan fingerprint density at radius 2 is 1.75 bits per heavy atom. The molecule has 5 rings (SSSR count). The largest absolute Gasteiger partial charge is 0.379 e. The van der Waals surface area contributed by atoms with E-state index in [1.165, 1.54) is 19.3 Å². The average molecular weight is 335 g/mol. The van der Waals surface area contributed by atoms with Crippen molar-refractivity contribution in [3.05, 3.63) is 0 Å². The second-order valence-corrected chi connectivity index (χ2v) is 8.59. The van der Waals surface area contributed by atoms with Crippen molar-refractivity contribution in [2.75, 3.05) is 26.3 Å². The molecule has 1 heterocycles. The van der Waals surface area contributed by atoms with Gasteiger partial charge in [-0.25, -0.2) is 4.79 Å². The van der Waals surface area contributed by atoms with Gasteiger partial charge in [-0.1, -0.05) is 0 Å². The van der Waals surface area contributed by atoms with Crippen molar-refractivity contribution < 1.29 is 14.3 Å². The van der Waals surface area contributed by atoms with Crippen molar-refractivity contribution in [3.63, 3.8) is 0 Å². The van der Waals surface area contributed by atoms with Gasteiger partial charge in [-0.2, -0.15) is 0 Å². The quantitative estimate of drug-likeness (QED) is 0.820. The van der Waals surface area contributed by atoms with Crippen LogP contribution in [-0.4, -0.2) is 54.7 Å². The van der Waals surface area contributed by atoms with Crippen molar-refractivity contribution in [1.82, 2.24) is 15.5 Å². The predicted molar refractivity (Wildman–Crippen MR) is 89.4 cm³/mol. The molecule has 134 valence electrons. The molecule has 2 N–H and O–H groups in total. The second kappa shape index (κ2) is 6.30. The van der Waals surface area contributed by atoms with E-state index in [0.29, 0.717) is 13.2 Å². The normalized spacial score (nSPS) is 41.2. The molecule has 1 aliphatic heterocycles. The fourth-order valence-electron chi connectivity index (χ4n) is 5.88. The van der Waals surface area contributed by atoms with Crippen molar-refractivity contribution in [2.45, 2.75) is 57.0 Å². The minimum absolute atomic E-state index is 0.0502. The van der Waals surface area contributed by atoms with Gasteiger partial charge in [-0.15, -0.1) is 0 Å². The number of carbonyl (C=O) groups excluding carboxylic acids is 2. The van der Waals surface area contributed by atoms with Crippen molar-refractivity contribution in [3.8, 4) is 0 Å². The number of ether oxygens (including phenoxy) is 1. The summed E-state index contributed by atoms with van der Waals surface area (Å²) in [5, 5.41) is 5.74. The van der Waals surface area contributed by atoms with Crippen molar-refractivity contribution in [1.29, 1.82) is 0 Å². The molecule has 4 saturated carbocycles. The molecule has 6 nitrogen and oxygen atoms in total. The Balaban J connectivity index is 1.29. The number of morpholine rings is 1. The van der Waals surface area contributed by atoms with E-state index >= 15 is 0 Å². The highest BCUT2D eigenvalue weighted by Gasteiger charge is 2.51. The number of urea groups is 1. The maximum atomic E-state index is 12.4. The van der Waals surface area contributed by atoms with Gasteiger partial charge in [-0.3, -0.25) is 15.0 Å². The Hall–Kier alpha value is -1.14. The van der Waals surface area contributed by atoms with Crippen LogP contribution >= 0.6 is 0 Å². The smallest absolute Gasteiger partial charge is 0.321 e. The zero-order chi connectivity index (χ0) is 16.7. The molecule has 0 unspecified atom stereocenters. The Morgan fingerprint density at radius 1 is 1.12 bits per heavy atom. The van der Waals surface area contributed by atoms with Crippen LogP contribution in [0.25, 0.3) is 0 Å². The van der Waals surface area contributed by atoms with Crippen LogP contribution in [0.15, 0.2) is 0 Å². The lowest BCUT2D eigenvalue weighted by Gasteiger charge is -2.56. The summed E-state index contributed by atoms with van der Waals surface area (Å²) in [7, 11) is 0. The zero-order valence-electron chi connectivity index (χ0n) is 14.6. The third kappa shape index (κ3) is 3.31. The van der Waals surface area contributed by atoms with E-state index in [1.807, 2.05) is 6.92 Å². The van der Waals surface area contributed by atoms with Crippen LogP contribution in [0.4, 0.5) is 4.79 Å². The molecule has 4 bridgehead atoms. The number of imide groups is 1. The highest BCUT2D eigenvalue weighted by Crippen LogP contribution is 2.55. The fourth-order valence-corrected chi connectivity index (χ4v) is 5.88. The standard InChI is InChI=1S/C18H29N3O3/c1-12-11-24-3-2-21(12)10-16(22)19-17(23)20-18-7-13-4-14(8-18)6-15(5-13)9-18/h12-15H,2-11H2,1H3,(H2,19,20,22,23)/t12-,13?,14?,15?,18?/m0/s1. The minimum Gasteiger partial charge on any atom is -0.379 e. The van der Waals surface area contributed by atoms with E-state index in [2.05, 4.69) is 15.5 Å². The molecule has 5 aliphatic rings. The molecule has 3 amide bonds. The van der Waals surface area contributed by atoms with Crippen LogP contribution < -0.4 is 10.6 Å². The summed E-state index contributed by atoms with van der Waals surface area (Å²) in [5.41, 5.74) is -0.0502. The minimum atomic E-state index is -0.303. The van der Waals surface area contributed by atoms with Gasteiger partial charge in [0.25, 0.3) is 0 Å². The lowest BCUT2D eigenvalue weighted by molar-refractivity contribution is -0.123. The zero-order valence-corrected chi connectivity index (χ0v) is 14.6. The average Bonchev–Trinajstić information content (AvgIpc) is 2.47. The van der Waals surface area contributed by atoms with E-state index in [-0.39, 0.29) is 30.1 Å². The van der Waals surface area contributed by atoms with Crippen LogP contribution in [-0.2, 0) is 9.53 Å². The van der Waals surface area contributed by atoms with Crippen LogP contribution in [0.3, 0.4) is 0 Å². The van der Waals surface area contributed by atoms with Crippen molar-refractivity contribution in [2.24, 2.45) is 17.8 Å². The summed E-state index contributed by atoms with van der Waals surface area (Å²) in [4.78, 5) is 26.6. The number of rotatable bonds is 3. The third-order valence-electron chi connectivity index (χ3n) is 6.52. The molecular formula is C18H29N3O3. The number of hydrogen-bond donors (Lipinski definition) is 2. The lowest BCUT2D eigenvalue weighted by Crippen LogP contribution is -2.62. The van der Waals surface area contributed by atoms with E-state index in [9.17, 15) is 9.59 Å². The van der Waals surface area contributed by atoms with Gasteiger partial charge in [0.1, 0.15) is 0 Å². The second-order valence-electron chi connectivity index (χ2n) is 8.59. The number of nitrogens with one attached hydrogen (secondary N) is 2. The van der Waals surface area contributed by atoms with Crippen LogP contribution in [0.1, 0.15) is 45.4 Å². The molecule has 0 aromatic carbocycles. The van der Waals surface area contributed by atoms with Crippen LogP contribution in [0.2, 0.25) is 0 Å². The Morgan fingerprint density at radius 3 is 2.33 bits per heavy atom. The molecule has 24 heavy (non-hydrogen) atoms. The number of amides is 3. The fraction of sp³-hybridized carbons (Fsp3) is 0.889. The predicted octanol–water partition coefficient (Wildman–Crippen LogP) is 1.50. The Bertz CT molecular complexity index is 486. The van der Waals surface area contributed by atoms with Gasteiger partial charge in [0.2, 0.25) is 5.91 Å². The SMILES string of the molecule is C[C@H]1COCCN1CC(=O)NC(=O)NC12CC3CC(CC(C3)C1)C2. The van der Waals surface area contributed by atoms with Gasteiger partial charge in [0.15, 0.2) is 0 Å². The number of nitrogens with zero attached hydrogens (tertiary/aromatic N) is 1. The third-order valence-corrected chi connectivity index (χ3v) is 6.52. The van der Waals surface area contributed by atoms with Crippen LogP contribution in [0.5, 0.6) is 0 Å². The van der Waals surface area contributed by atoms with E-state index in [1.54, 1.807) is 0 Å². The van der Waals surface area contributed by atoms with Gasteiger partial charge >= 0.3 is 6.03 Å². The highest BCUT2D eigenvalue weighted by atomic mass is 16.5. The van der Waals surface area contributed by atoms with Gasteiger partial charge < -0.3 is 10.1 Å². The van der Waals surface area contributed by atoms with E-state index in [4.69, 9.17) is 4.74 Å². The summed E-state index contributed by atoms with van der Waals surface area (Å²) in [6.45, 7) is 4.34. The molecule has 1 atom stereocenters. The van der Waals surface area contributed by atoms with E-state index in [0.717, 1.165) is 43.6 Å². The Kier molecular flexibility index (Phi) is 4.29. The maximum absolute atomic E-state index is 12.4. The van der Waals surface area contributed by atoms with Gasteiger partial charge in [-0.05, 0) is 63.2 Å². The molecule has 0 aromatic rings. The molecule has 6 heteroatoms. The number of hydrogen-bond acceptors (Lipinski definition) is 4. The first-order chi connectivity index (χ1) is 11.5. The molecule has 0 spiro atoms. The van der Waals surface area contributed by atoms with Gasteiger partial charge in [0.05, 0.1) is 19.8 Å². The first-order valence-corrected chi connectivity index (χ1v) is 9.45. The topological polar surface area (TPSA) is 70.7 Å². The molecule has 1 saturated heterocycles. The summed E-state index contributed by atoms with van der Waals surface area (Å²) in [6, 6.07) is -0.0847. The van der Waals surface area contributed by atoms with E-state index < -0.39 is 0 Å². The lowest BCUT2D eigenvalue weighted by atomic mass is 9.53. The summed E-state index contributed by atoms with van der Waals surface area (Å²) < 4.78 is 5.38. The molecule has 4 aliphatic carbocycles. The molecule has 0 radical (unpaired) electrons. The summed E-state index contributed by atoms with van der Waals surface area (Å²) in [5.74, 6) is 2.12. The highest BCUT2D eigenvalue weighted by molar-refractivity contribution is 5.95. The monoisotopic (exact) mass is 335 g/mol. The molecule has 5 fully saturated rings. The first kappa shape index (κ1) is 16.3. The summed E-state index contributed by atoms with van der Waals surface area (Å²) in [6.07, 6.45) is 7.33. The van der Waals surface area contributed by atoms with Gasteiger partial charge in [0, 0.05) is 18.1 Å². The maximum Gasteiger partial charge on any atom is 0.321 e. The van der Waals surface area contributed by atoms with Crippen LogP contribution in [0, 0.1) is 17.8 Å². The molecular weight excluding hydrogens is 306 g/mol. The van der Waals surface area contributed by atoms with Crippen molar-refractivity contribution >= 4 is 11.9 Å².